The van der Waals surface area contributed by atoms with Crippen molar-refractivity contribution in [2.75, 3.05) is 12.4 Å². The van der Waals surface area contributed by atoms with Gasteiger partial charge in [0.05, 0.1) is 18.6 Å². The molecule has 0 bridgehead atoms. The quantitative estimate of drug-likeness (QED) is 0.403. The highest BCUT2D eigenvalue weighted by Gasteiger charge is 2.23. The fourth-order valence-corrected chi connectivity index (χ4v) is 0.891. The fourth-order valence-electron chi connectivity index (χ4n) is 0.492. The van der Waals surface area contributed by atoms with Crippen LogP contribution in [0.3, 0.4) is 0 Å². The van der Waals surface area contributed by atoms with E-state index in [4.69, 9.17) is 15.3 Å². The summed E-state index contributed by atoms with van der Waals surface area (Å²) in [6, 6.07) is 0. The van der Waals surface area contributed by atoms with Crippen LogP contribution in [-0.4, -0.2) is 39.8 Å². The van der Waals surface area contributed by atoms with Crippen molar-refractivity contribution in [1.29, 1.82) is 0 Å². The SMILES string of the molecule is O=C(O)C(CS)[C@H](O)CO. The topological polar surface area (TPSA) is 77.8 Å². The summed E-state index contributed by atoms with van der Waals surface area (Å²) in [5.41, 5.74) is 0. The van der Waals surface area contributed by atoms with Crippen LogP contribution in [0.1, 0.15) is 0 Å². The number of thiol groups is 1. The van der Waals surface area contributed by atoms with Crippen molar-refractivity contribution in [1.82, 2.24) is 0 Å². The van der Waals surface area contributed by atoms with Crippen LogP contribution in [0.2, 0.25) is 0 Å². The number of carboxylic acids is 1. The van der Waals surface area contributed by atoms with Gasteiger partial charge in [0.15, 0.2) is 0 Å². The Balaban J connectivity index is 3.92. The third kappa shape index (κ3) is 2.55. The van der Waals surface area contributed by atoms with Crippen molar-refractivity contribution in [2.45, 2.75) is 6.10 Å². The number of hydrogen-bond donors (Lipinski definition) is 4. The van der Waals surface area contributed by atoms with Gasteiger partial charge in [-0.3, -0.25) is 4.79 Å². The molecule has 4 nitrogen and oxygen atoms in total. The highest BCUT2D eigenvalue weighted by Crippen LogP contribution is 2.05. The van der Waals surface area contributed by atoms with E-state index in [0.717, 1.165) is 0 Å². The lowest BCUT2D eigenvalue weighted by Gasteiger charge is -2.13. The average molecular weight is 166 g/mol. The van der Waals surface area contributed by atoms with E-state index < -0.39 is 24.6 Å². The van der Waals surface area contributed by atoms with Gasteiger partial charge in [-0.1, -0.05) is 0 Å². The van der Waals surface area contributed by atoms with E-state index in [9.17, 15) is 4.79 Å². The summed E-state index contributed by atoms with van der Waals surface area (Å²) >= 11 is 3.70. The predicted octanol–water partition coefficient (Wildman–Crippen LogP) is -1.03. The molecule has 0 rings (SSSR count). The molecule has 0 aliphatic heterocycles. The monoisotopic (exact) mass is 166 g/mol. The first-order valence-corrected chi connectivity index (χ1v) is 3.39. The van der Waals surface area contributed by atoms with E-state index in [1.165, 1.54) is 0 Å². The highest BCUT2D eigenvalue weighted by atomic mass is 32.1. The molecule has 0 radical (unpaired) electrons. The van der Waals surface area contributed by atoms with Crippen LogP contribution in [0.25, 0.3) is 0 Å². The number of aliphatic hydroxyl groups excluding tert-OH is 2. The lowest BCUT2D eigenvalue weighted by atomic mass is 10.1. The van der Waals surface area contributed by atoms with Crippen molar-refractivity contribution in [3.8, 4) is 0 Å². The molecule has 0 fully saturated rings. The molecule has 0 aromatic rings. The maximum absolute atomic E-state index is 10.2. The fraction of sp³-hybridized carbons (Fsp3) is 0.800. The van der Waals surface area contributed by atoms with Crippen molar-refractivity contribution >= 4 is 18.6 Å². The number of aliphatic hydroxyl groups is 2. The molecule has 5 heteroatoms. The minimum Gasteiger partial charge on any atom is -0.481 e. The average Bonchev–Trinajstić information content (AvgIpc) is 1.88. The molecule has 1 unspecified atom stereocenters. The summed E-state index contributed by atoms with van der Waals surface area (Å²) in [6.45, 7) is -0.544. The van der Waals surface area contributed by atoms with Crippen molar-refractivity contribution < 1.29 is 20.1 Å². The predicted molar refractivity (Wildman–Crippen MR) is 38.1 cm³/mol. The van der Waals surface area contributed by atoms with E-state index in [1.807, 2.05) is 0 Å². The Hall–Kier alpha value is -0.260. The molecule has 0 amide bonds. The second-order valence-corrected chi connectivity index (χ2v) is 2.24. The molecule has 0 aromatic carbocycles. The summed E-state index contributed by atoms with van der Waals surface area (Å²) in [7, 11) is 0. The molecular weight excluding hydrogens is 156 g/mol. The zero-order valence-electron chi connectivity index (χ0n) is 5.27. The molecule has 10 heavy (non-hydrogen) atoms. The molecule has 0 aliphatic carbocycles. The van der Waals surface area contributed by atoms with Crippen molar-refractivity contribution in [3.63, 3.8) is 0 Å². The smallest absolute Gasteiger partial charge is 0.310 e. The van der Waals surface area contributed by atoms with Crippen LogP contribution in [0, 0.1) is 5.92 Å². The molecule has 0 aliphatic rings. The van der Waals surface area contributed by atoms with Gasteiger partial charge < -0.3 is 15.3 Å². The molecule has 0 heterocycles. The summed E-state index contributed by atoms with van der Waals surface area (Å²) in [5, 5.41) is 25.5. The van der Waals surface area contributed by atoms with Gasteiger partial charge in [0.1, 0.15) is 0 Å². The first kappa shape index (κ1) is 9.74. The molecule has 0 spiro atoms. The minimum atomic E-state index is -1.21. The second kappa shape index (κ2) is 4.54. The summed E-state index contributed by atoms with van der Waals surface area (Å²) in [4.78, 5) is 10.2. The van der Waals surface area contributed by atoms with Gasteiger partial charge in [0.25, 0.3) is 0 Å². The standard InChI is InChI=1S/C5H10O4S/c6-1-4(7)3(2-10)5(8)9/h3-4,6-7,10H,1-2H2,(H,8,9)/t3?,4-/m1/s1. The number of aliphatic carboxylic acids is 1. The van der Waals surface area contributed by atoms with Crippen molar-refractivity contribution in [3.05, 3.63) is 0 Å². The van der Waals surface area contributed by atoms with Gasteiger partial charge in [0.2, 0.25) is 0 Å². The number of carbonyl (C=O) groups is 1. The zero-order chi connectivity index (χ0) is 8.15. The Morgan fingerprint density at radius 1 is 1.60 bits per heavy atom. The normalized spacial score (nSPS) is 16.3. The Morgan fingerprint density at radius 2 is 2.10 bits per heavy atom. The summed E-state index contributed by atoms with van der Waals surface area (Å²) in [5.74, 6) is -2.10. The van der Waals surface area contributed by atoms with Crippen LogP contribution in [0.4, 0.5) is 0 Å². The van der Waals surface area contributed by atoms with Gasteiger partial charge in [-0.25, -0.2) is 0 Å². The Kier molecular flexibility index (Phi) is 4.42. The maximum atomic E-state index is 10.2. The Bertz CT molecular complexity index is 116. The van der Waals surface area contributed by atoms with E-state index in [0.29, 0.717) is 0 Å². The largest absolute Gasteiger partial charge is 0.481 e. The Labute approximate surface area is 63.9 Å². The third-order valence-corrected chi connectivity index (χ3v) is 1.56. The van der Waals surface area contributed by atoms with E-state index >= 15 is 0 Å². The molecular formula is C5H10O4S. The van der Waals surface area contributed by atoms with Crippen LogP contribution >= 0.6 is 12.6 Å². The van der Waals surface area contributed by atoms with Crippen LogP contribution in [-0.2, 0) is 4.79 Å². The lowest BCUT2D eigenvalue weighted by Crippen LogP contribution is -2.32. The van der Waals surface area contributed by atoms with Gasteiger partial charge in [-0.15, -0.1) is 0 Å². The molecule has 2 atom stereocenters. The van der Waals surface area contributed by atoms with Gasteiger partial charge in [0, 0.05) is 5.75 Å². The molecule has 60 valence electrons. The number of hydrogen-bond acceptors (Lipinski definition) is 4. The first-order valence-electron chi connectivity index (χ1n) is 2.76. The molecule has 3 N–H and O–H groups in total. The molecule has 0 saturated heterocycles. The first-order chi connectivity index (χ1) is 4.63. The van der Waals surface area contributed by atoms with Gasteiger partial charge in [-0.05, 0) is 0 Å². The van der Waals surface area contributed by atoms with Crippen LogP contribution < -0.4 is 0 Å². The third-order valence-electron chi connectivity index (χ3n) is 1.17. The second-order valence-electron chi connectivity index (χ2n) is 1.88. The lowest BCUT2D eigenvalue weighted by molar-refractivity contribution is -0.145. The zero-order valence-corrected chi connectivity index (χ0v) is 6.16. The van der Waals surface area contributed by atoms with E-state index in [-0.39, 0.29) is 5.75 Å². The van der Waals surface area contributed by atoms with Crippen LogP contribution in [0.5, 0.6) is 0 Å². The summed E-state index contributed by atoms with van der Waals surface area (Å²) < 4.78 is 0. The molecule has 0 saturated carbocycles. The molecule has 0 aromatic heterocycles. The van der Waals surface area contributed by atoms with E-state index in [2.05, 4.69) is 12.6 Å². The van der Waals surface area contributed by atoms with Gasteiger partial charge >= 0.3 is 5.97 Å². The van der Waals surface area contributed by atoms with Crippen molar-refractivity contribution in [2.24, 2.45) is 5.92 Å². The Morgan fingerprint density at radius 3 is 2.20 bits per heavy atom. The van der Waals surface area contributed by atoms with Crippen LogP contribution in [0.15, 0.2) is 0 Å². The highest BCUT2D eigenvalue weighted by molar-refractivity contribution is 7.80. The minimum absolute atomic E-state index is 0.0249. The number of carboxylic acid groups (broad SMARTS) is 1. The maximum Gasteiger partial charge on any atom is 0.310 e. The van der Waals surface area contributed by atoms with Gasteiger partial charge in [-0.2, -0.15) is 12.6 Å². The number of rotatable bonds is 4. The summed E-state index contributed by atoms with van der Waals surface area (Å²) in [6.07, 6.45) is -1.21. The van der Waals surface area contributed by atoms with E-state index in [1.54, 1.807) is 0 Å².